The fourth-order valence-corrected chi connectivity index (χ4v) is 3.98. The number of thioether (sulfide) groups is 1. The molecule has 0 aliphatic carbocycles. The zero-order chi connectivity index (χ0) is 14.8. The second-order valence-electron chi connectivity index (χ2n) is 4.44. The van der Waals surface area contributed by atoms with Crippen LogP contribution in [0.5, 0.6) is 0 Å². The van der Waals surface area contributed by atoms with E-state index in [9.17, 15) is 12.8 Å². The van der Waals surface area contributed by atoms with Gasteiger partial charge in [0.05, 0.1) is 13.1 Å². The Kier molecular flexibility index (Phi) is 4.66. The van der Waals surface area contributed by atoms with Crippen molar-refractivity contribution < 1.29 is 12.8 Å². The summed E-state index contributed by atoms with van der Waals surface area (Å²) in [5.74, 6) is 0.271. The van der Waals surface area contributed by atoms with E-state index in [1.807, 2.05) is 0 Å². The Bertz CT molecular complexity index is 600. The Hall–Kier alpha value is -1.12. The largest absolute Gasteiger partial charge is 0.305 e. The summed E-state index contributed by atoms with van der Waals surface area (Å²) in [4.78, 5) is 4.22. The molecule has 0 saturated carbocycles. The Morgan fingerprint density at radius 1 is 1.35 bits per heavy atom. The maximum absolute atomic E-state index is 12.8. The van der Waals surface area contributed by atoms with E-state index >= 15 is 0 Å². The molecule has 0 unspecified atom stereocenters. The van der Waals surface area contributed by atoms with Crippen molar-refractivity contribution in [3.63, 3.8) is 0 Å². The lowest BCUT2D eigenvalue weighted by atomic mass is 10.2. The van der Waals surface area contributed by atoms with E-state index < -0.39 is 10.2 Å². The molecule has 0 bridgehead atoms. The first-order valence-corrected chi connectivity index (χ1v) is 8.41. The van der Waals surface area contributed by atoms with Crippen molar-refractivity contribution >= 4 is 27.1 Å². The van der Waals surface area contributed by atoms with Crippen molar-refractivity contribution in [2.75, 3.05) is 27.2 Å². The predicted octanol–water partition coefficient (Wildman–Crippen LogP) is 1.54. The molecular formula is C12H16FN3O2S2. The van der Waals surface area contributed by atoms with E-state index in [-0.39, 0.29) is 5.82 Å². The molecule has 1 aliphatic heterocycles. The number of rotatable bonds is 4. The number of nitrogens with zero attached hydrogens (tertiary/aromatic N) is 3. The van der Waals surface area contributed by atoms with Crippen molar-refractivity contribution in [3.8, 4) is 0 Å². The third kappa shape index (κ3) is 3.31. The molecule has 0 fully saturated rings. The Labute approximate surface area is 122 Å². The van der Waals surface area contributed by atoms with Crippen LogP contribution in [0.25, 0.3) is 0 Å². The molecule has 20 heavy (non-hydrogen) atoms. The fourth-order valence-electron chi connectivity index (χ4n) is 1.67. The van der Waals surface area contributed by atoms with Crippen LogP contribution in [-0.4, -0.2) is 49.4 Å². The number of hydrogen-bond donors (Lipinski definition) is 0. The molecule has 110 valence electrons. The number of amidine groups is 1. The molecule has 0 saturated heterocycles. The Balaban J connectivity index is 2.04. The summed E-state index contributed by atoms with van der Waals surface area (Å²) in [6.07, 6.45) is 0. The molecule has 0 radical (unpaired) electrons. The van der Waals surface area contributed by atoms with Crippen molar-refractivity contribution in [1.82, 2.24) is 8.61 Å². The molecule has 0 aromatic heterocycles. The van der Waals surface area contributed by atoms with Crippen molar-refractivity contribution in [2.45, 2.75) is 5.75 Å². The van der Waals surface area contributed by atoms with Gasteiger partial charge in [0.1, 0.15) is 5.82 Å². The van der Waals surface area contributed by atoms with Crippen LogP contribution in [0.2, 0.25) is 0 Å². The van der Waals surface area contributed by atoms with Crippen molar-refractivity contribution in [2.24, 2.45) is 4.99 Å². The van der Waals surface area contributed by atoms with Crippen LogP contribution < -0.4 is 0 Å². The minimum absolute atomic E-state index is 0.284. The fraction of sp³-hybridized carbons (Fsp3) is 0.417. The van der Waals surface area contributed by atoms with Crippen LogP contribution in [0.15, 0.2) is 29.3 Å². The zero-order valence-corrected chi connectivity index (χ0v) is 12.9. The number of benzene rings is 1. The second kappa shape index (κ2) is 6.11. The normalized spacial score (nSPS) is 15.8. The van der Waals surface area contributed by atoms with E-state index in [1.54, 1.807) is 12.1 Å². The standard InChI is InChI=1S/C12H16FN3O2S2/c1-15(2)20(17,18)16-8-7-14-12(16)19-9-10-3-5-11(13)6-4-10/h3-6H,7-9H2,1-2H3. The smallest absolute Gasteiger partial charge is 0.260 e. The molecule has 1 aromatic carbocycles. The highest BCUT2D eigenvalue weighted by molar-refractivity contribution is 8.14. The maximum atomic E-state index is 12.8. The Morgan fingerprint density at radius 2 is 2.00 bits per heavy atom. The summed E-state index contributed by atoms with van der Waals surface area (Å²) in [5, 5.41) is 0.489. The van der Waals surface area contributed by atoms with Gasteiger partial charge >= 0.3 is 10.2 Å². The summed E-state index contributed by atoms with van der Waals surface area (Å²) < 4.78 is 39.5. The third-order valence-corrected chi connectivity index (χ3v) is 5.82. The monoisotopic (exact) mass is 317 g/mol. The zero-order valence-electron chi connectivity index (χ0n) is 11.3. The molecule has 1 aromatic rings. The topological polar surface area (TPSA) is 53.0 Å². The van der Waals surface area contributed by atoms with E-state index in [0.717, 1.165) is 5.56 Å². The highest BCUT2D eigenvalue weighted by Gasteiger charge is 2.30. The maximum Gasteiger partial charge on any atom is 0.305 e. The Morgan fingerprint density at radius 3 is 2.60 bits per heavy atom. The third-order valence-electron chi connectivity index (χ3n) is 2.78. The quantitative estimate of drug-likeness (QED) is 0.846. The summed E-state index contributed by atoms with van der Waals surface area (Å²) in [6.45, 7) is 0.838. The van der Waals surface area contributed by atoms with E-state index in [4.69, 9.17) is 0 Å². The van der Waals surface area contributed by atoms with E-state index in [0.29, 0.717) is 24.0 Å². The van der Waals surface area contributed by atoms with Gasteiger partial charge in [-0.3, -0.25) is 4.99 Å². The predicted molar refractivity (Wildman–Crippen MR) is 79.3 cm³/mol. The van der Waals surface area contributed by atoms with Crippen LogP contribution in [0.4, 0.5) is 4.39 Å². The molecule has 1 aliphatic rings. The molecule has 2 rings (SSSR count). The van der Waals surface area contributed by atoms with Crippen LogP contribution in [0.3, 0.4) is 0 Å². The van der Waals surface area contributed by atoms with E-state index in [1.165, 1.54) is 46.6 Å². The molecule has 5 nitrogen and oxygen atoms in total. The van der Waals surface area contributed by atoms with Gasteiger partial charge < -0.3 is 0 Å². The van der Waals surface area contributed by atoms with Crippen molar-refractivity contribution in [3.05, 3.63) is 35.6 Å². The molecule has 0 amide bonds. The molecule has 8 heteroatoms. The number of aliphatic imine (C=N–C) groups is 1. The van der Waals surface area contributed by atoms with Gasteiger partial charge in [0.15, 0.2) is 5.17 Å². The lowest BCUT2D eigenvalue weighted by Gasteiger charge is -2.23. The van der Waals surface area contributed by atoms with Crippen LogP contribution >= 0.6 is 11.8 Å². The average Bonchev–Trinajstić information content (AvgIpc) is 2.87. The van der Waals surface area contributed by atoms with Gasteiger partial charge in [-0.15, -0.1) is 0 Å². The highest BCUT2D eigenvalue weighted by atomic mass is 32.2. The first-order valence-electron chi connectivity index (χ1n) is 6.03. The van der Waals surface area contributed by atoms with Gasteiger partial charge in [-0.2, -0.15) is 12.7 Å². The van der Waals surface area contributed by atoms with E-state index in [2.05, 4.69) is 4.99 Å². The second-order valence-corrected chi connectivity index (χ2v) is 7.45. The minimum atomic E-state index is -3.48. The van der Waals surface area contributed by atoms with Gasteiger partial charge in [0.2, 0.25) is 0 Å². The van der Waals surface area contributed by atoms with Gasteiger partial charge in [0, 0.05) is 19.8 Å². The lowest BCUT2D eigenvalue weighted by molar-refractivity contribution is 0.468. The average molecular weight is 317 g/mol. The first-order chi connectivity index (χ1) is 9.41. The summed E-state index contributed by atoms with van der Waals surface area (Å²) in [7, 11) is -0.490. The molecule has 0 atom stereocenters. The summed E-state index contributed by atoms with van der Waals surface area (Å²) >= 11 is 1.34. The summed E-state index contributed by atoms with van der Waals surface area (Å²) in [5.41, 5.74) is 0.924. The van der Waals surface area contributed by atoms with Gasteiger partial charge in [-0.05, 0) is 17.7 Å². The van der Waals surface area contributed by atoms with Crippen LogP contribution in [0, 0.1) is 5.82 Å². The SMILES string of the molecule is CN(C)S(=O)(=O)N1CCN=C1SCc1ccc(F)cc1. The summed E-state index contributed by atoms with van der Waals surface area (Å²) in [6, 6.07) is 6.15. The van der Waals surface area contributed by atoms with Crippen LogP contribution in [0.1, 0.15) is 5.56 Å². The highest BCUT2D eigenvalue weighted by Crippen LogP contribution is 2.22. The number of halogens is 1. The lowest BCUT2D eigenvalue weighted by Crippen LogP contribution is -2.41. The van der Waals surface area contributed by atoms with Crippen molar-refractivity contribution in [1.29, 1.82) is 0 Å². The minimum Gasteiger partial charge on any atom is -0.260 e. The van der Waals surface area contributed by atoms with Gasteiger partial charge in [-0.1, -0.05) is 23.9 Å². The molecule has 0 N–H and O–H groups in total. The molecule has 0 spiro atoms. The molecule has 1 heterocycles. The number of hydrogen-bond acceptors (Lipinski definition) is 4. The first kappa shape index (κ1) is 15.3. The van der Waals surface area contributed by atoms with Gasteiger partial charge in [0.25, 0.3) is 0 Å². The van der Waals surface area contributed by atoms with Crippen LogP contribution in [-0.2, 0) is 16.0 Å². The van der Waals surface area contributed by atoms with Gasteiger partial charge in [-0.25, -0.2) is 8.70 Å². The molecular weight excluding hydrogens is 301 g/mol.